The fourth-order valence-electron chi connectivity index (χ4n) is 3.04. The molecule has 0 aromatic carbocycles. The van der Waals surface area contributed by atoms with Gasteiger partial charge in [0.1, 0.15) is 5.78 Å². The van der Waals surface area contributed by atoms with E-state index in [1.807, 2.05) is 0 Å². The summed E-state index contributed by atoms with van der Waals surface area (Å²) in [7, 11) is 0. The van der Waals surface area contributed by atoms with Gasteiger partial charge in [-0.15, -0.1) is 0 Å². The highest BCUT2D eigenvalue weighted by atomic mass is 16.3. The number of rotatable bonds is 3. The van der Waals surface area contributed by atoms with Crippen LogP contribution in [0.5, 0.6) is 0 Å². The predicted octanol–water partition coefficient (Wildman–Crippen LogP) is 0.953. The van der Waals surface area contributed by atoms with Crippen LogP contribution in [0.4, 0.5) is 0 Å². The van der Waals surface area contributed by atoms with Crippen LogP contribution in [-0.2, 0) is 4.79 Å². The number of piperidine rings is 1. The second-order valence-electron chi connectivity index (χ2n) is 4.52. The molecule has 0 spiro atoms. The molecule has 2 rings (SSSR count). The van der Waals surface area contributed by atoms with Gasteiger partial charge in [-0.25, -0.2) is 0 Å². The normalized spacial score (nSPS) is 34.9. The van der Waals surface area contributed by atoms with E-state index in [2.05, 4.69) is 11.8 Å². The molecule has 1 N–H and O–H groups in total. The van der Waals surface area contributed by atoms with Crippen molar-refractivity contribution in [3.8, 4) is 0 Å². The molecule has 3 heteroatoms. The van der Waals surface area contributed by atoms with Crippen molar-refractivity contribution in [1.82, 2.24) is 4.90 Å². The predicted molar refractivity (Wildman–Crippen MR) is 54.1 cm³/mol. The Morgan fingerprint density at radius 3 is 2.43 bits per heavy atom. The minimum atomic E-state index is 0.234. The first kappa shape index (κ1) is 10.1. The molecule has 0 aromatic heterocycles. The standard InChI is InChI=1S/C11H19NO2/c1-2-8(7-13)12-9-3-4-10(12)6-11(14)5-9/h8-10,13H,2-7H2,1H3/t8?,9-,10+. The van der Waals surface area contributed by atoms with Gasteiger partial charge in [0.25, 0.3) is 0 Å². The van der Waals surface area contributed by atoms with Gasteiger partial charge in [0, 0.05) is 31.0 Å². The van der Waals surface area contributed by atoms with Crippen molar-refractivity contribution < 1.29 is 9.90 Å². The third kappa shape index (κ3) is 1.59. The van der Waals surface area contributed by atoms with Gasteiger partial charge in [0.05, 0.1) is 6.61 Å². The zero-order valence-electron chi connectivity index (χ0n) is 8.78. The lowest BCUT2D eigenvalue weighted by molar-refractivity contribution is -0.124. The maximum Gasteiger partial charge on any atom is 0.136 e. The van der Waals surface area contributed by atoms with Crippen LogP contribution in [0.3, 0.4) is 0 Å². The van der Waals surface area contributed by atoms with E-state index < -0.39 is 0 Å². The zero-order chi connectivity index (χ0) is 10.1. The van der Waals surface area contributed by atoms with Crippen molar-refractivity contribution >= 4 is 5.78 Å². The molecule has 0 radical (unpaired) electrons. The van der Waals surface area contributed by atoms with Crippen LogP contribution in [0.25, 0.3) is 0 Å². The topological polar surface area (TPSA) is 40.5 Å². The number of ketones is 1. The Bertz CT molecular complexity index is 209. The number of fused-ring (bicyclic) bond motifs is 2. The minimum absolute atomic E-state index is 0.234. The molecule has 0 amide bonds. The summed E-state index contributed by atoms with van der Waals surface area (Å²) in [6, 6.07) is 1.14. The van der Waals surface area contributed by atoms with Crippen LogP contribution in [0, 0.1) is 0 Å². The average molecular weight is 197 g/mol. The molecule has 3 nitrogen and oxygen atoms in total. The van der Waals surface area contributed by atoms with Crippen LogP contribution in [0.1, 0.15) is 39.0 Å². The monoisotopic (exact) mass is 197 g/mol. The number of aliphatic hydroxyl groups is 1. The number of aliphatic hydroxyl groups excluding tert-OH is 1. The van der Waals surface area contributed by atoms with E-state index in [1.165, 1.54) is 0 Å². The first-order chi connectivity index (χ1) is 6.76. The summed E-state index contributed by atoms with van der Waals surface area (Å²) in [5.74, 6) is 0.418. The lowest BCUT2D eigenvalue weighted by atomic mass is 9.98. The summed E-state index contributed by atoms with van der Waals surface area (Å²) in [5.41, 5.74) is 0. The molecule has 2 saturated heterocycles. The highest BCUT2D eigenvalue weighted by Crippen LogP contribution is 2.35. The SMILES string of the molecule is CCC(CO)N1[C@@H]2CC[C@H]1CC(=O)C2. The third-order valence-electron chi connectivity index (χ3n) is 3.71. The van der Waals surface area contributed by atoms with Crippen LogP contribution in [-0.4, -0.2) is 40.5 Å². The summed E-state index contributed by atoms with van der Waals surface area (Å²) < 4.78 is 0. The van der Waals surface area contributed by atoms with Crippen molar-refractivity contribution in [3.63, 3.8) is 0 Å². The lowest BCUT2D eigenvalue weighted by Crippen LogP contribution is -2.50. The van der Waals surface area contributed by atoms with E-state index >= 15 is 0 Å². The summed E-state index contributed by atoms with van der Waals surface area (Å²) in [5, 5.41) is 9.28. The van der Waals surface area contributed by atoms with Gasteiger partial charge < -0.3 is 5.11 Å². The van der Waals surface area contributed by atoms with Crippen LogP contribution in [0.2, 0.25) is 0 Å². The van der Waals surface area contributed by atoms with Gasteiger partial charge >= 0.3 is 0 Å². The molecule has 2 fully saturated rings. The van der Waals surface area contributed by atoms with Crippen LogP contribution < -0.4 is 0 Å². The van der Waals surface area contributed by atoms with E-state index in [4.69, 9.17) is 0 Å². The Kier molecular flexibility index (Phi) is 2.88. The quantitative estimate of drug-likeness (QED) is 0.732. The summed E-state index contributed by atoms with van der Waals surface area (Å²) in [6.07, 6.45) is 4.71. The lowest BCUT2D eigenvalue weighted by Gasteiger charge is -2.39. The molecule has 2 bridgehead atoms. The first-order valence-corrected chi connectivity index (χ1v) is 5.66. The molecule has 80 valence electrons. The van der Waals surface area contributed by atoms with Crippen LogP contribution >= 0.6 is 0 Å². The number of hydrogen-bond donors (Lipinski definition) is 1. The number of carbonyl (C=O) groups excluding carboxylic acids is 1. The first-order valence-electron chi connectivity index (χ1n) is 5.66. The maximum atomic E-state index is 11.4. The van der Waals surface area contributed by atoms with Crippen molar-refractivity contribution in [2.24, 2.45) is 0 Å². The van der Waals surface area contributed by atoms with Crippen molar-refractivity contribution in [2.45, 2.75) is 57.2 Å². The van der Waals surface area contributed by atoms with E-state index in [0.29, 0.717) is 30.7 Å². The second kappa shape index (κ2) is 3.99. The largest absolute Gasteiger partial charge is 0.395 e. The molecule has 2 aliphatic heterocycles. The van der Waals surface area contributed by atoms with Crippen molar-refractivity contribution in [3.05, 3.63) is 0 Å². The van der Waals surface area contributed by atoms with Gasteiger partial charge in [-0.3, -0.25) is 9.69 Å². The number of carbonyl (C=O) groups is 1. The summed E-state index contributed by atoms with van der Waals surface area (Å²) in [6.45, 7) is 2.34. The second-order valence-corrected chi connectivity index (χ2v) is 4.52. The number of hydrogen-bond acceptors (Lipinski definition) is 3. The maximum absolute atomic E-state index is 11.4. The van der Waals surface area contributed by atoms with E-state index in [1.54, 1.807) is 0 Å². The molecular weight excluding hydrogens is 178 g/mol. The minimum Gasteiger partial charge on any atom is -0.395 e. The molecule has 0 aliphatic carbocycles. The molecule has 2 heterocycles. The summed E-state index contributed by atoms with van der Waals surface area (Å²) >= 11 is 0. The average Bonchev–Trinajstić information content (AvgIpc) is 2.45. The summed E-state index contributed by atoms with van der Waals surface area (Å²) in [4.78, 5) is 13.8. The molecule has 14 heavy (non-hydrogen) atoms. The Morgan fingerprint density at radius 1 is 1.43 bits per heavy atom. The van der Waals surface area contributed by atoms with Gasteiger partial charge in [-0.05, 0) is 19.3 Å². The van der Waals surface area contributed by atoms with E-state index in [9.17, 15) is 9.90 Å². The zero-order valence-corrected chi connectivity index (χ0v) is 8.78. The Labute approximate surface area is 85.1 Å². The van der Waals surface area contributed by atoms with E-state index in [0.717, 1.165) is 19.3 Å². The van der Waals surface area contributed by atoms with E-state index in [-0.39, 0.29) is 12.6 Å². The van der Waals surface area contributed by atoms with Crippen molar-refractivity contribution in [1.29, 1.82) is 0 Å². The molecular formula is C11H19NO2. The molecule has 3 atom stereocenters. The Morgan fingerprint density at radius 2 is 2.00 bits per heavy atom. The number of nitrogens with zero attached hydrogens (tertiary/aromatic N) is 1. The highest BCUT2D eigenvalue weighted by Gasteiger charge is 2.42. The molecule has 1 unspecified atom stereocenters. The van der Waals surface area contributed by atoms with Gasteiger partial charge in [0.15, 0.2) is 0 Å². The van der Waals surface area contributed by atoms with Crippen molar-refractivity contribution in [2.75, 3.05) is 6.61 Å². The fourth-order valence-corrected chi connectivity index (χ4v) is 3.04. The molecule has 0 saturated carbocycles. The molecule has 2 aliphatic rings. The Hall–Kier alpha value is -0.410. The third-order valence-corrected chi connectivity index (χ3v) is 3.71. The smallest absolute Gasteiger partial charge is 0.136 e. The van der Waals surface area contributed by atoms with Gasteiger partial charge in [-0.2, -0.15) is 0 Å². The highest BCUT2D eigenvalue weighted by molar-refractivity contribution is 5.81. The molecule has 0 aromatic rings. The number of Topliss-reactive ketones (excluding diaryl/α,β-unsaturated/α-hetero) is 1. The Balaban J connectivity index is 2.09. The van der Waals surface area contributed by atoms with Crippen LogP contribution in [0.15, 0.2) is 0 Å². The fraction of sp³-hybridized carbons (Fsp3) is 0.909. The van der Waals surface area contributed by atoms with Gasteiger partial charge in [-0.1, -0.05) is 6.92 Å². The van der Waals surface area contributed by atoms with Gasteiger partial charge in [0.2, 0.25) is 0 Å².